The molecule has 8 aromatic rings. The molecule has 0 aliphatic heterocycles. The summed E-state index contributed by atoms with van der Waals surface area (Å²) in [6.45, 7) is 0. The van der Waals surface area contributed by atoms with Gasteiger partial charge in [0.25, 0.3) is 0 Å². The summed E-state index contributed by atoms with van der Waals surface area (Å²) in [6.07, 6.45) is 2.06. The lowest BCUT2D eigenvalue weighted by Crippen LogP contribution is -2.04. The summed E-state index contributed by atoms with van der Waals surface area (Å²) in [6, 6.07) is 54.6. The Kier molecular flexibility index (Phi) is 5.31. The van der Waals surface area contributed by atoms with Gasteiger partial charge in [-0.15, -0.1) is 0 Å². The number of benzene rings is 6. The Labute approximate surface area is 250 Å². The first-order chi connectivity index (χ1) is 21.3. The highest BCUT2D eigenvalue weighted by Gasteiger charge is 2.19. The predicted octanol–water partition coefficient (Wildman–Crippen LogP) is 11.1. The fourth-order valence-electron chi connectivity index (χ4n) is 6.86. The van der Waals surface area contributed by atoms with Crippen LogP contribution in [0.25, 0.3) is 77.2 Å². The van der Waals surface area contributed by atoms with E-state index in [9.17, 15) is 0 Å². The van der Waals surface area contributed by atoms with Gasteiger partial charge >= 0.3 is 0 Å². The quantitative estimate of drug-likeness (QED) is 0.215. The van der Waals surface area contributed by atoms with E-state index in [0.717, 1.165) is 29.4 Å². The molecule has 0 amide bonds. The summed E-state index contributed by atoms with van der Waals surface area (Å²) < 4.78 is 6.07. The summed E-state index contributed by atoms with van der Waals surface area (Å²) in [4.78, 5) is 0. The van der Waals surface area contributed by atoms with Gasteiger partial charge in [-0.05, 0) is 116 Å². The average Bonchev–Trinajstić information content (AvgIpc) is 3.45. The SMILES string of the molecule is c1ccc2cc(-c3ccc4c(c3)CCc3cc(-c5ccc6oc7ccccc7c6c5)ccc3-4)c(-c3ccccc3)cc2c#1. The molecule has 0 unspecified atom stereocenters. The number of furan rings is 1. The van der Waals surface area contributed by atoms with Crippen molar-refractivity contribution in [2.24, 2.45) is 0 Å². The van der Waals surface area contributed by atoms with E-state index < -0.39 is 0 Å². The van der Waals surface area contributed by atoms with Crippen molar-refractivity contribution in [2.45, 2.75) is 12.8 Å². The lowest BCUT2D eigenvalue weighted by atomic mass is 9.82. The van der Waals surface area contributed by atoms with E-state index >= 15 is 0 Å². The zero-order valence-corrected chi connectivity index (χ0v) is 23.5. The Morgan fingerprint density at radius 1 is 0.465 bits per heavy atom. The van der Waals surface area contributed by atoms with E-state index in [1.807, 2.05) is 18.2 Å². The minimum absolute atomic E-state index is 0.936. The predicted molar refractivity (Wildman–Crippen MR) is 178 cm³/mol. The first-order valence-corrected chi connectivity index (χ1v) is 14.9. The summed E-state index contributed by atoms with van der Waals surface area (Å²) in [5.74, 6) is 0. The van der Waals surface area contributed by atoms with E-state index in [-0.39, 0.29) is 0 Å². The largest absolute Gasteiger partial charge is 0.456 e. The van der Waals surface area contributed by atoms with Crippen LogP contribution in [-0.4, -0.2) is 0 Å². The highest BCUT2D eigenvalue weighted by Crippen LogP contribution is 2.41. The summed E-state index contributed by atoms with van der Waals surface area (Å²) in [5, 5.41) is 4.61. The molecule has 1 nitrogen and oxygen atoms in total. The fraction of sp³-hybridized carbons (Fsp3) is 0.0476. The molecule has 1 heteroatoms. The standard InChI is InChI=1S/C42H26O/c1-2-8-27(9-3-1)38-24-28-10-4-5-11-29(28)25-39(38)34-17-20-36-33(23-34)15-14-32-22-30(16-19-35(32)36)31-18-21-42-40(26-31)37-12-6-7-13-41(37)43-42/h1-3,5-9,11-13,16-26H,14-15H2. The molecule has 0 fully saturated rings. The summed E-state index contributed by atoms with van der Waals surface area (Å²) in [5.41, 5.74) is 14.8. The second kappa shape index (κ2) is 9.48. The first kappa shape index (κ1) is 24.1. The molecular weight excluding hydrogens is 520 g/mol. The molecule has 1 aliphatic rings. The van der Waals surface area contributed by atoms with Crippen LogP contribution in [0.2, 0.25) is 0 Å². The molecule has 0 atom stereocenters. The molecule has 0 saturated carbocycles. The van der Waals surface area contributed by atoms with Crippen molar-refractivity contribution in [1.82, 2.24) is 0 Å². The second-order valence-electron chi connectivity index (χ2n) is 11.5. The molecule has 9 rings (SSSR count). The summed E-state index contributed by atoms with van der Waals surface area (Å²) >= 11 is 0. The highest BCUT2D eigenvalue weighted by molar-refractivity contribution is 6.06. The van der Waals surface area contributed by atoms with Crippen LogP contribution in [-0.2, 0) is 12.8 Å². The average molecular weight is 547 g/mol. The number of rotatable bonds is 3. The Balaban J connectivity index is 1.12. The molecule has 0 radical (unpaired) electrons. The van der Waals surface area contributed by atoms with Gasteiger partial charge in [-0.2, -0.15) is 0 Å². The number of hydrogen-bond acceptors (Lipinski definition) is 1. The van der Waals surface area contributed by atoms with Gasteiger partial charge < -0.3 is 4.42 Å². The maximum Gasteiger partial charge on any atom is 0.135 e. The van der Waals surface area contributed by atoms with Gasteiger partial charge in [0.05, 0.1) is 0 Å². The van der Waals surface area contributed by atoms with Gasteiger partial charge in [-0.25, -0.2) is 0 Å². The van der Waals surface area contributed by atoms with E-state index in [4.69, 9.17) is 4.42 Å². The Bertz CT molecular complexity index is 2340. The number of fused-ring (bicyclic) bond motifs is 7. The van der Waals surface area contributed by atoms with Crippen LogP contribution in [0.1, 0.15) is 11.1 Å². The molecule has 1 aromatic heterocycles. The second-order valence-corrected chi connectivity index (χ2v) is 11.5. The maximum absolute atomic E-state index is 6.07. The van der Waals surface area contributed by atoms with Crippen molar-refractivity contribution in [3.63, 3.8) is 0 Å². The van der Waals surface area contributed by atoms with Crippen LogP contribution in [0.4, 0.5) is 0 Å². The van der Waals surface area contributed by atoms with Gasteiger partial charge in [-0.1, -0.05) is 103 Å². The molecule has 1 aliphatic carbocycles. The lowest BCUT2D eigenvalue weighted by Gasteiger charge is -2.22. The minimum Gasteiger partial charge on any atom is -0.456 e. The smallest absolute Gasteiger partial charge is 0.135 e. The monoisotopic (exact) mass is 546 g/mol. The van der Waals surface area contributed by atoms with E-state index in [1.54, 1.807) is 0 Å². The Morgan fingerprint density at radius 2 is 1.14 bits per heavy atom. The Hall–Kier alpha value is -5.58. The Morgan fingerprint density at radius 3 is 2.00 bits per heavy atom. The summed E-state index contributed by atoms with van der Waals surface area (Å²) in [7, 11) is 0. The van der Waals surface area contributed by atoms with Crippen LogP contribution in [0.15, 0.2) is 138 Å². The van der Waals surface area contributed by atoms with Gasteiger partial charge in [0.2, 0.25) is 0 Å². The van der Waals surface area contributed by atoms with Crippen molar-refractivity contribution >= 4 is 32.7 Å². The molecule has 43 heavy (non-hydrogen) atoms. The zero-order valence-electron chi connectivity index (χ0n) is 23.5. The van der Waals surface area contributed by atoms with Gasteiger partial charge in [0.1, 0.15) is 11.2 Å². The van der Waals surface area contributed by atoms with E-state index in [1.165, 1.54) is 71.8 Å². The molecule has 0 saturated heterocycles. The number of hydrogen-bond donors (Lipinski definition) is 0. The normalized spacial score (nSPS) is 12.3. The van der Waals surface area contributed by atoms with Crippen LogP contribution in [0.3, 0.4) is 0 Å². The van der Waals surface area contributed by atoms with Crippen molar-refractivity contribution in [2.75, 3.05) is 0 Å². The third-order valence-electron chi connectivity index (χ3n) is 9.01. The topological polar surface area (TPSA) is 13.1 Å². The van der Waals surface area contributed by atoms with Crippen LogP contribution in [0.5, 0.6) is 0 Å². The molecule has 0 spiro atoms. The molecule has 200 valence electrons. The van der Waals surface area contributed by atoms with E-state index in [0.29, 0.717) is 0 Å². The molecule has 0 bridgehead atoms. The van der Waals surface area contributed by atoms with E-state index in [2.05, 4.69) is 127 Å². The highest BCUT2D eigenvalue weighted by atomic mass is 16.3. The van der Waals surface area contributed by atoms with Gasteiger partial charge in [-0.3, -0.25) is 0 Å². The van der Waals surface area contributed by atoms with Crippen LogP contribution < -0.4 is 0 Å². The number of aryl methyl sites for hydroxylation is 2. The van der Waals surface area contributed by atoms with Crippen molar-refractivity contribution in [3.05, 3.63) is 157 Å². The van der Waals surface area contributed by atoms with Crippen molar-refractivity contribution < 1.29 is 4.42 Å². The molecule has 7 aromatic carbocycles. The van der Waals surface area contributed by atoms with Gasteiger partial charge in [0.15, 0.2) is 0 Å². The number of para-hydroxylation sites is 1. The minimum atomic E-state index is 0.936. The van der Waals surface area contributed by atoms with Crippen LogP contribution in [0, 0.1) is 12.1 Å². The lowest BCUT2D eigenvalue weighted by molar-refractivity contribution is 0.669. The van der Waals surface area contributed by atoms with Gasteiger partial charge in [0, 0.05) is 16.2 Å². The zero-order chi connectivity index (χ0) is 28.3. The van der Waals surface area contributed by atoms with Crippen LogP contribution >= 0.6 is 0 Å². The van der Waals surface area contributed by atoms with Crippen molar-refractivity contribution in [1.29, 1.82) is 0 Å². The third kappa shape index (κ3) is 3.96. The third-order valence-corrected chi connectivity index (χ3v) is 9.01. The van der Waals surface area contributed by atoms with Crippen molar-refractivity contribution in [3.8, 4) is 44.5 Å². The molecular formula is C42H26O. The maximum atomic E-state index is 6.07. The fourth-order valence-corrected chi connectivity index (χ4v) is 6.86. The first-order valence-electron chi connectivity index (χ1n) is 14.9. The molecule has 0 N–H and O–H groups in total. The molecule has 1 heterocycles.